The summed E-state index contributed by atoms with van der Waals surface area (Å²) >= 11 is 0. The Kier molecular flexibility index (Phi) is 4.84. The van der Waals surface area contributed by atoms with Crippen molar-refractivity contribution in [2.24, 2.45) is 5.73 Å². The molecular formula is C12H17NO2. The van der Waals surface area contributed by atoms with E-state index in [1.807, 2.05) is 18.2 Å². The van der Waals surface area contributed by atoms with E-state index in [1.165, 1.54) is 5.56 Å². The van der Waals surface area contributed by atoms with Crippen molar-refractivity contribution in [1.82, 2.24) is 0 Å². The molecule has 0 bridgehead atoms. The number of benzene rings is 1. The molecule has 1 aromatic carbocycles. The number of aliphatic carboxylic acids is 1. The Bertz CT molecular complexity index is 298. The van der Waals surface area contributed by atoms with Crippen LogP contribution in [-0.2, 0) is 11.2 Å². The lowest BCUT2D eigenvalue weighted by atomic mass is 10.0. The summed E-state index contributed by atoms with van der Waals surface area (Å²) in [6, 6.07) is 9.93. The summed E-state index contributed by atoms with van der Waals surface area (Å²) in [6.07, 6.45) is 2.74. The zero-order chi connectivity index (χ0) is 11.1. The topological polar surface area (TPSA) is 63.3 Å². The van der Waals surface area contributed by atoms with Gasteiger partial charge in [-0.25, -0.2) is 0 Å². The first-order valence-corrected chi connectivity index (χ1v) is 5.20. The second kappa shape index (κ2) is 6.19. The third-order valence-electron chi connectivity index (χ3n) is 2.32. The molecule has 0 spiro atoms. The van der Waals surface area contributed by atoms with Gasteiger partial charge in [0.15, 0.2) is 0 Å². The van der Waals surface area contributed by atoms with E-state index in [9.17, 15) is 4.79 Å². The molecule has 1 atom stereocenters. The van der Waals surface area contributed by atoms with Gasteiger partial charge in [-0.2, -0.15) is 0 Å². The highest BCUT2D eigenvalue weighted by atomic mass is 16.4. The van der Waals surface area contributed by atoms with Gasteiger partial charge in [0.05, 0.1) is 6.42 Å². The molecule has 0 radical (unpaired) electrons. The molecule has 3 nitrogen and oxygen atoms in total. The van der Waals surface area contributed by atoms with Crippen LogP contribution in [0.15, 0.2) is 30.3 Å². The summed E-state index contributed by atoms with van der Waals surface area (Å²) in [7, 11) is 0. The minimum atomic E-state index is -0.817. The lowest BCUT2D eigenvalue weighted by molar-refractivity contribution is -0.137. The second-order valence-corrected chi connectivity index (χ2v) is 3.74. The highest BCUT2D eigenvalue weighted by Crippen LogP contribution is 2.07. The number of carboxylic acids is 1. The Labute approximate surface area is 89.9 Å². The van der Waals surface area contributed by atoms with Crippen LogP contribution in [0.1, 0.15) is 24.8 Å². The van der Waals surface area contributed by atoms with Crippen LogP contribution in [0.5, 0.6) is 0 Å². The number of carbonyl (C=O) groups is 1. The van der Waals surface area contributed by atoms with Crippen LogP contribution in [0.3, 0.4) is 0 Å². The number of aryl methyl sites for hydroxylation is 1. The fraction of sp³-hybridized carbons (Fsp3) is 0.417. The molecule has 1 rings (SSSR count). The van der Waals surface area contributed by atoms with Crippen molar-refractivity contribution < 1.29 is 9.90 Å². The van der Waals surface area contributed by atoms with Crippen molar-refractivity contribution in [2.75, 3.05) is 0 Å². The molecule has 3 heteroatoms. The maximum atomic E-state index is 10.4. The molecule has 0 unspecified atom stereocenters. The van der Waals surface area contributed by atoms with Crippen LogP contribution in [0.4, 0.5) is 0 Å². The van der Waals surface area contributed by atoms with Crippen molar-refractivity contribution in [1.29, 1.82) is 0 Å². The zero-order valence-corrected chi connectivity index (χ0v) is 8.73. The highest BCUT2D eigenvalue weighted by Gasteiger charge is 2.07. The molecule has 0 saturated carbocycles. The second-order valence-electron chi connectivity index (χ2n) is 3.74. The molecule has 0 amide bonds. The Morgan fingerprint density at radius 2 is 2.00 bits per heavy atom. The Morgan fingerprint density at radius 1 is 1.33 bits per heavy atom. The van der Waals surface area contributed by atoms with E-state index < -0.39 is 5.97 Å². The van der Waals surface area contributed by atoms with E-state index in [2.05, 4.69) is 12.1 Å². The van der Waals surface area contributed by atoms with Gasteiger partial charge in [0, 0.05) is 6.04 Å². The van der Waals surface area contributed by atoms with Gasteiger partial charge < -0.3 is 10.8 Å². The SMILES string of the molecule is N[C@H](CCCc1ccccc1)CC(=O)O. The number of hydrogen-bond acceptors (Lipinski definition) is 2. The summed E-state index contributed by atoms with van der Waals surface area (Å²) in [5, 5.41) is 8.52. The minimum Gasteiger partial charge on any atom is -0.481 e. The Morgan fingerprint density at radius 3 is 2.60 bits per heavy atom. The molecule has 1 aromatic rings. The largest absolute Gasteiger partial charge is 0.481 e. The van der Waals surface area contributed by atoms with Crippen LogP contribution in [0, 0.1) is 0 Å². The van der Waals surface area contributed by atoms with Gasteiger partial charge in [0.2, 0.25) is 0 Å². The fourth-order valence-corrected chi connectivity index (χ4v) is 1.54. The van der Waals surface area contributed by atoms with Crippen molar-refractivity contribution in [3.8, 4) is 0 Å². The fourth-order valence-electron chi connectivity index (χ4n) is 1.54. The summed E-state index contributed by atoms with van der Waals surface area (Å²) in [5.74, 6) is -0.817. The van der Waals surface area contributed by atoms with Gasteiger partial charge in [0.25, 0.3) is 0 Å². The number of rotatable bonds is 6. The first-order valence-electron chi connectivity index (χ1n) is 5.20. The molecule has 3 N–H and O–H groups in total. The predicted octanol–water partition coefficient (Wildman–Crippen LogP) is 1.81. The molecule has 0 aliphatic carbocycles. The molecule has 0 saturated heterocycles. The minimum absolute atomic E-state index is 0.0643. The molecule has 82 valence electrons. The van der Waals surface area contributed by atoms with E-state index in [1.54, 1.807) is 0 Å². The van der Waals surface area contributed by atoms with Gasteiger partial charge in [-0.15, -0.1) is 0 Å². The van der Waals surface area contributed by atoms with Crippen LogP contribution in [0.2, 0.25) is 0 Å². The van der Waals surface area contributed by atoms with Crippen LogP contribution >= 0.6 is 0 Å². The normalized spacial score (nSPS) is 12.3. The molecule has 0 aliphatic heterocycles. The van der Waals surface area contributed by atoms with Gasteiger partial charge in [-0.05, 0) is 24.8 Å². The van der Waals surface area contributed by atoms with Gasteiger partial charge in [-0.1, -0.05) is 30.3 Å². The molecule has 0 aromatic heterocycles. The summed E-state index contributed by atoms with van der Waals surface area (Å²) in [6.45, 7) is 0. The third kappa shape index (κ3) is 5.18. The molecule has 15 heavy (non-hydrogen) atoms. The van der Waals surface area contributed by atoms with Crippen LogP contribution in [0.25, 0.3) is 0 Å². The Balaban J connectivity index is 2.19. The Hall–Kier alpha value is -1.35. The number of carboxylic acid groups (broad SMARTS) is 1. The molecule has 0 heterocycles. The van der Waals surface area contributed by atoms with Gasteiger partial charge >= 0.3 is 5.97 Å². The lowest BCUT2D eigenvalue weighted by Crippen LogP contribution is -2.23. The lowest BCUT2D eigenvalue weighted by Gasteiger charge is -2.08. The smallest absolute Gasteiger partial charge is 0.304 e. The van der Waals surface area contributed by atoms with E-state index >= 15 is 0 Å². The van der Waals surface area contributed by atoms with Gasteiger partial charge in [0.1, 0.15) is 0 Å². The van der Waals surface area contributed by atoms with Gasteiger partial charge in [-0.3, -0.25) is 4.79 Å². The van der Waals surface area contributed by atoms with Crippen molar-refractivity contribution in [3.05, 3.63) is 35.9 Å². The van der Waals surface area contributed by atoms with Crippen molar-refractivity contribution in [3.63, 3.8) is 0 Å². The first kappa shape index (κ1) is 11.7. The quantitative estimate of drug-likeness (QED) is 0.747. The summed E-state index contributed by atoms with van der Waals surface area (Å²) in [4.78, 5) is 10.4. The summed E-state index contributed by atoms with van der Waals surface area (Å²) in [5.41, 5.74) is 6.94. The van der Waals surface area contributed by atoms with Crippen LogP contribution in [-0.4, -0.2) is 17.1 Å². The predicted molar refractivity (Wildman–Crippen MR) is 59.6 cm³/mol. The zero-order valence-electron chi connectivity index (χ0n) is 8.73. The van der Waals surface area contributed by atoms with Crippen molar-refractivity contribution in [2.45, 2.75) is 31.7 Å². The van der Waals surface area contributed by atoms with Crippen molar-refractivity contribution >= 4 is 5.97 Å². The average Bonchev–Trinajstić information content (AvgIpc) is 2.18. The van der Waals surface area contributed by atoms with E-state index in [-0.39, 0.29) is 12.5 Å². The average molecular weight is 207 g/mol. The van der Waals surface area contributed by atoms with E-state index in [4.69, 9.17) is 10.8 Å². The number of hydrogen-bond donors (Lipinski definition) is 2. The molecule has 0 aliphatic rings. The van der Waals surface area contributed by atoms with Crippen LogP contribution < -0.4 is 5.73 Å². The third-order valence-corrected chi connectivity index (χ3v) is 2.32. The van der Waals surface area contributed by atoms with E-state index in [0.717, 1.165) is 19.3 Å². The first-order chi connectivity index (χ1) is 7.18. The number of nitrogens with two attached hydrogens (primary N) is 1. The maximum absolute atomic E-state index is 10.4. The molecular weight excluding hydrogens is 190 g/mol. The standard InChI is InChI=1S/C12H17NO2/c13-11(9-12(14)15)8-4-7-10-5-2-1-3-6-10/h1-3,5-6,11H,4,7-9,13H2,(H,14,15)/t11-/m1/s1. The maximum Gasteiger partial charge on any atom is 0.304 e. The monoisotopic (exact) mass is 207 g/mol. The molecule has 0 fully saturated rings. The summed E-state index contributed by atoms with van der Waals surface area (Å²) < 4.78 is 0. The van der Waals surface area contributed by atoms with E-state index in [0.29, 0.717) is 0 Å². The highest BCUT2D eigenvalue weighted by molar-refractivity contribution is 5.67.